The molecule has 1 amide bonds. The highest BCUT2D eigenvalue weighted by Crippen LogP contribution is 2.22. The lowest BCUT2D eigenvalue weighted by Crippen LogP contribution is -2.39. The lowest BCUT2D eigenvalue weighted by molar-refractivity contribution is 0.0929. The van der Waals surface area contributed by atoms with E-state index in [1.165, 1.54) is 7.11 Å². The van der Waals surface area contributed by atoms with E-state index < -0.39 is 0 Å². The van der Waals surface area contributed by atoms with Crippen LogP contribution >= 0.6 is 0 Å². The van der Waals surface area contributed by atoms with Crippen LogP contribution in [0, 0.1) is 5.41 Å². The van der Waals surface area contributed by atoms with E-state index in [0.717, 1.165) is 6.54 Å². The summed E-state index contributed by atoms with van der Waals surface area (Å²) in [7, 11) is 5.58. The molecule has 0 aliphatic carbocycles. The number of nitrogens with two attached hydrogens (primary N) is 1. The Hall–Kier alpha value is -1.75. The van der Waals surface area contributed by atoms with Gasteiger partial charge in [-0.2, -0.15) is 0 Å². The average Bonchev–Trinajstić information content (AvgIpc) is 2.35. The Morgan fingerprint density at radius 2 is 2.05 bits per heavy atom. The summed E-state index contributed by atoms with van der Waals surface area (Å²) in [6.45, 7) is 5.75. The van der Waals surface area contributed by atoms with Crippen LogP contribution in [-0.4, -0.2) is 45.1 Å². The molecule has 3 N–H and O–H groups in total. The SMILES string of the molecule is COc1cc(C(=O)NCC(C)(C)CN(C)C)ccc1N. The number of benzene rings is 1. The normalized spacial score (nSPS) is 11.5. The zero-order valence-corrected chi connectivity index (χ0v) is 13.0. The highest BCUT2D eigenvalue weighted by Gasteiger charge is 2.20. The van der Waals surface area contributed by atoms with Gasteiger partial charge in [0.15, 0.2) is 0 Å². The summed E-state index contributed by atoms with van der Waals surface area (Å²) in [5.74, 6) is 0.403. The van der Waals surface area contributed by atoms with Gasteiger partial charge in [0.2, 0.25) is 0 Å². The molecule has 5 nitrogen and oxygen atoms in total. The molecule has 0 aromatic heterocycles. The van der Waals surface area contributed by atoms with Crippen molar-refractivity contribution in [3.05, 3.63) is 23.8 Å². The summed E-state index contributed by atoms with van der Waals surface area (Å²) in [6, 6.07) is 5.04. The molecule has 0 saturated heterocycles. The molecule has 0 saturated carbocycles. The number of rotatable bonds is 6. The first-order valence-electron chi connectivity index (χ1n) is 6.61. The van der Waals surface area contributed by atoms with Gasteiger partial charge in [-0.1, -0.05) is 13.8 Å². The van der Waals surface area contributed by atoms with Gasteiger partial charge in [0.25, 0.3) is 5.91 Å². The van der Waals surface area contributed by atoms with E-state index in [-0.39, 0.29) is 11.3 Å². The summed E-state index contributed by atoms with van der Waals surface area (Å²) in [4.78, 5) is 14.2. The summed E-state index contributed by atoms with van der Waals surface area (Å²) in [5, 5.41) is 2.95. The molecule has 1 rings (SSSR count). The maximum absolute atomic E-state index is 12.1. The van der Waals surface area contributed by atoms with E-state index in [2.05, 4.69) is 24.1 Å². The number of carbonyl (C=O) groups excluding carboxylic acids is 1. The minimum absolute atomic E-state index is 0.0110. The second-order valence-electron chi connectivity index (χ2n) is 6.04. The van der Waals surface area contributed by atoms with Gasteiger partial charge in [-0.15, -0.1) is 0 Å². The Bertz CT molecular complexity index is 470. The molecule has 0 bridgehead atoms. The van der Waals surface area contributed by atoms with E-state index in [1.807, 2.05) is 14.1 Å². The molecule has 0 aliphatic heterocycles. The summed E-state index contributed by atoms with van der Waals surface area (Å²) in [6.07, 6.45) is 0. The van der Waals surface area contributed by atoms with Crippen molar-refractivity contribution in [3.8, 4) is 5.75 Å². The molecule has 0 heterocycles. The number of hydrogen-bond donors (Lipinski definition) is 2. The van der Waals surface area contributed by atoms with Crippen LogP contribution in [0.2, 0.25) is 0 Å². The lowest BCUT2D eigenvalue weighted by Gasteiger charge is -2.28. The van der Waals surface area contributed by atoms with Crippen LogP contribution in [0.5, 0.6) is 5.75 Å². The highest BCUT2D eigenvalue weighted by atomic mass is 16.5. The quantitative estimate of drug-likeness (QED) is 0.776. The molecular formula is C15H25N3O2. The van der Waals surface area contributed by atoms with Crippen LogP contribution in [0.15, 0.2) is 18.2 Å². The van der Waals surface area contributed by atoms with Crippen molar-refractivity contribution in [2.75, 3.05) is 40.0 Å². The molecule has 0 unspecified atom stereocenters. The van der Waals surface area contributed by atoms with Crippen molar-refractivity contribution in [2.45, 2.75) is 13.8 Å². The molecule has 0 radical (unpaired) electrons. The summed E-state index contributed by atoms with van der Waals surface area (Å²) < 4.78 is 5.12. The van der Waals surface area contributed by atoms with Crippen LogP contribution in [0.1, 0.15) is 24.2 Å². The van der Waals surface area contributed by atoms with Gasteiger partial charge in [0.1, 0.15) is 5.75 Å². The summed E-state index contributed by atoms with van der Waals surface area (Å²) in [5.41, 5.74) is 6.82. The monoisotopic (exact) mass is 279 g/mol. The van der Waals surface area contributed by atoms with Crippen molar-refractivity contribution in [1.29, 1.82) is 0 Å². The predicted octanol–water partition coefficient (Wildman–Crippen LogP) is 1.59. The van der Waals surface area contributed by atoms with Crippen LogP contribution < -0.4 is 15.8 Å². The minimum Gasteiger partial charge on any atom is -0.495 e. The third kappa shape index (κ3) is 4.74. The first-order valence-corrected chi connectivity index (χ1v) is 6.61. The molecule has 0 fully saturated rings. The van der Waals surface area contributed by atoms with E-state index in [4.69, 9.17) is 10.5 Å². The fourth-order valence-corrected chi connectivity index (χ4v) is 2.19. The van der Waals surface area contributed by atoms with E-state index >= 15 is 0 Å². The number of methoxy groups -OCH3 is 1. The fourth-order valence-electron chi connectivity index (χ4n) is 2.19. The highest BCUT2D eigenvalue weighted by molar-refractivity contribution is 5.95. The number of ether oxygens (including phenoxy) is 1. The Balaban J connectivity index is 2.68. The van der Waals surface area contributed by atoms with Gasteiger partial charge < -0.3 is 20.7 Å². The summed E-state index contributed by atoms with van der Waals surface area (Å²) >= 11 is 0. The lowest BCUT2D eigenvalue weighted by atomic mass is 9.93. The zero-order valence-electron chi connectivity index (χ0n) is 13.0. The smallest absolute Gasteiger partial charge is 0.251 e. The Morgan fingerprint density at radius 3 is 2.60 bits per heavy atom. The van der Waals surface area contributed by atoms with Crippen LogP contribution in [-0.2, 0) is 0 Å². The predicted molar refractivity (Wildman–Crippen MR) is 82.1 cm³/mol. The number of anilines is 1. The third-order valence-corrected chi connectivity index (χ3v) is 2.97. The maximum Gasteiger partial charge on any atom is 0.251 e. The number of amides is 1. The molecule has 1 aromatic carbocycles. The number of nitrogen functional groups attached to an aromatic ring is 1. The molecule has 0 spiro atoms. The zero-order chi connectivity index (χ0) is 15.3. The second kappa shape index (κ2) is 6.61. The Kier molecular flexibility index (Phi) is 5.39. The van der Waals surface area contributed by atoms with Crippen molar-refractivity contribution >= 4 is 11.6 Å². The average molecular weight is 279 g/mol. The van der Waals surface area contributed by atoms with E-state index in [9.17, 15) is 4.79 Å². The molecule has 112 valence electrons. The largest absolute Gasteiger partial charge is 0.495 e. The number of carbonyl (C=O) groups is 1. The van der Waals surface area contributed by atoms with Crippen molar-refractivity contribution in [2.24, 2.45) is 5.41 Å². The molecular weight excluding hydrogens is 254 g/mol. The number of nitrogens with zero attached hydrogens (tertiary/aromatic N) is 1. The van der Waals surface area contributed by atoms with Gasteiger partial charge in [-0.25, -0.2) is 0 Å². The first-order chi connectivity index (χ1) is 9.25. The van der Waals surface area contributed by atoms with Gasteiger partial charge in [-0.05, 0) is 37.7 Å². The van der Waals surface area contributed by atoms with Gasteiger partial charge in [0.05, 0.1) is 12.8 Å². The van der Waals surface area contributed by atoms with Gasteiger partial charge in [-0.3, -0.25) is 4.79 Å². The van der Waals surface area contributed by atoms with Crippen molar-refractivity contribution < 1.29 is 9.53 Å². The van der Waals surface area contributed by atoms with Crippen molar-refractivity contribution in [1.82, 2.24) is 10.2 Å². The Labute approximate surface area is 121 Å². The van der Waals surface area contributed by atoms with Crippen molar-refractivity contribution in [3.63, 3.8) is 0 Å². The second-order valence-corrected chi connectivity index (χ2v) is 6.04. The van der Waals surface area contributed by atoms with E-state index in [1.54, 1.807) is 18.2 Å². The number of nitrogens with one attached hydrogen (secondary N) is 1. The standard InChI is InChI=1S/C15H25N3O2/c1-15(2,10-18(3)4)9-17-14(19)11-6-7-12(16)13(8-11)20-5/h6-8H,9-10,16H2,1-5H3,(H,17,19). The molecule has 0 aliphatic rings. The molecule has 20 heavy (non-hydrogen) atoms. The van der Waals surface area contributed by atoms with Crippen LogP contribution in [0.25, 0.3) is 0 Å². The Morgan fingerprint density at radius 1 is 1.40 bits per heavy atom. The van der Waals surface area contributed by atoms with Gasteiger partial charge >= 0.3 is 0 Å². The minimum atomic E-state index is -0.116. The van der Waals surface area contributed by atoms with Crippen LogP contribution in [0.3, 0.4) is 0 Å². The van der Waals surface area contributed by atoms with Gasteiger partial charge in [0, 0.05) is 18.7 Å². The number of hydrogen-bond acceptors (Lipinski definition) is 4. The fraction of sp³-hybridized carbons (Fsp3) is 0.533. The maximum atomic E-state index is 12.1. The molecule has 1 aromatic rings. The third-order valence-electron chi connectivity index (χ3n) is 2.97. The topological polar surface area (TPSA) is 67.6 Å². The first kappa shape index (κ1) is 16.3. The van der Waals surface area contributed by atoms with Crippen LogP contribution in [0.4, 0.5) is 5.69 Å². The van der Waals surface area contributed by atoms with E-state index in [0.29, 0.717) is 23.5 Å². The molecule has 5 heteroatoms. The molecule has 0 atom stereocenters.